The molecular weight excluding hydrogens is 352 g/mol. The summed E-state index contributed by atoms with van der Waals surface area (Å²) in [6.45, 7) is 10.2. The quantitative estimate of drug-likeness (QED) is 0.372. The van der Waals surface area contributed by atoms with Gasteiger partial charge in [0.1, 0.15) is 5.69 Å². The predicted octanol–water partition coefficient (Wildman–Crippen LogP) is 6.73. The number of aryl methyl sites for hydroxylation is 1. The van der Waals surface area contributed by atoms with E-state index in [2.05, 4.69) is 99.3 Å². The molecule has 0 amide bonds. The third-order valence-electron chi connectivity index (χ3n) is 5.64. The van der Waals surface area contributed by atoms with Crippen molar-refractivity contribution in [1.29, 1.82) is 0 Å². The second kappa shape index (κ2) is 10.3. The lowest BCUT2D eigenvalue weighted by Gasteiger charge is -2.18. The van der Waals surface area contributed by atoms with Gasteiger partial charge in [-0.05, 0) is 41.6 Å². The molecule has 0 radical (unpaired) electrons. The van der Waals surface area contributed by atoms with Crippen LogP contribution in [0.2, 0.25) is 0 Å². The first-order valence-corrected chi connectivity index (χ1v) is 11.2. The molecule has 0 aliphatic heterocycles. The summed E-state index contributed by atoms with van der Waals surface area (Å²) >= 11 is 0. The van der Waals surface area contributed by atoms with Gasteiger partial charge in [-0.3, -0.25) is 0 Å². The Bertz CT molecular complexity index is 899. The molecule has 0 aliphatic rings. The van der Waals surface area contributed by atoms with Gasteiger partial charge in [0.05, 0.1) is 6.54 Å². The molecule has 29 heavy (non-hydrogen) atoms. The maximum absolute atomic E-state index is 4.84. The Morgan fingerprint density at radius 1 is 0.931 bits per heavy atom. The Morgan fingerprint density at radius 3 is 2.34 bits per heavy atom. The summed E-state index contributed by atoms with van der Waals surface area (Å²) in [7, 11) is 0. The summed E-state index contributed by atoms with van der Waals surface area (Å²) in [6, 6.07) is 21.7. The predicted molar refractivity (Wildman–Crippen MR) is 123 cm³/mol. The minimum atomic E-state index is 0.668. The van der Waals surface area contributed by atoms with Crippen molar-refractivity contribution in [3.8, 4) is 22.5 Å². The third-order valence-corrected chi connectivity index (χ3v) is 5.64. The van der Waals surface area contributed by atoms with Crippen molar-refractivity contribution >= 4 is 0 Å². The van der Waals surface area contributed by atoms with E-state index in [-0.39, 0.29) is 0 Å². The normalized spacial score (nSPS) is 12.3. The molecule has 2 heteroatoms. The summed E-state index contributed by atoms with van der Waals surface area (Å²) in [6.07, 6.45) is 6.76. The van der Waals surface area contributed by atoms with Crippen LogP contribution in [-0.2, 0) is 13.0 Å². The molecule has 152 valence electrons. The van der Waals surface area contributed by atoms with Gasteiger partial charge in [0.15, 0.2) is 5.69 Å². The van der Waals surface area contributed by atoms with E-state index in [0.29, 0.717) is 11.8 Å². The van der Waals surface area contributed by atoms with Crippen LogP contribution >= 0.6 is 0 Å². The first-order chi connectivity index (χ1) is 14.1. The molecular formula is C27H35N2+. The molecule has 1 atom stereocenters. The zero-order valence-electron chi connectivity index (χ0n) is 18.4. The van der Waals surface area contributed by atoms with E-state index in [1.54, 1.807) is 0 Å². The Hall–Kier alpha value is -2.48. The van der Waals surface area contributed by atoms with Crippen LogP contribution in [0.15, 0.2) is 67.0 Å². The summed E-state index contributed by atoms with van der Waals surface area (Å²) in [5.41, 5.74) is 6.26. The van der Waals surface area contributed by atoms with Crippen molar-refractivity contribution in [2.24, 2.45) is 11.8 Å². The average molecular weight is 388 g/mol. The van der Waals surface area contributed by atoms with Gasteiger partial charge < -0.3 is 0 Å². The Labute approximate surface area is 176 Å². The molecule has 3 aromatic rings. The second-order valence-corrected chi connectivity index (χ2v) is 8.49. The molecule has 0 saturated carbocycles. The average Bonchev–Trinajstić information content (AvgIpc) is 2.74. The monoisotopic (exact) mass is 387 g/mol. The van der Waals surface area contributed by atoms with Crippen molar-refractivity contribution in [2.45, 2.75) is 59.9 Å². The molecule has 2 nitrogen and oxygen atoms in total. The van der Waals surface area contributed by atoms with Gasteiger partial charge >= 0.3 is 0 Å². The van der Waals surface area contributed by atoms with Crippen LogP contribution in [0.4, 0.5) is 0 Å². The molecule has 0 spiro atoms. The van der Waals surface area contributed by atoms with Crippen LogP contribution in [0.5, 0.6) is 0 Å². The van der Waals surface area contributed by atoms with Gasteiger partial charge in [-0.25, -0.2) is 4.57 Å². The number of aromatic nitrogens is 2. The first-order valence-electron chi connectivity index (χ1n) is 11.2. The highest BCUT2D eigenvalue weighted by atomic mass is 15.0. The Balaban J connectivity index is 2.08. The summed E-state index contributed by atoms with van der Waals surface area (Å²) in [5, 5.41) is 0. The lowest BCUT2D eigenvalue weighted by atomic mass is 9.94. The molecule has 0 bridgehead atoms. The molecule has 2 aromatic carbocycles. The molecule has 0 N–H and O–H groups in total. The molecule has 0 aliphatic carbocycles. The van der Waals surface area contributed by atoms with Crippen LogP contribution in [0.3, 0.4) is 0 Å². The van der Waals surface area contributed by atoms with E-state index in [9.17, 15) is 0 Å². The fourth-order valence-corrected chi connectivity index (χ4v) is 4.16. The van der Waals surface area contributed by atoms with Crippen LogP contribution in [0, 0.1) is 11.8 Å². The van der Waals surface area contributed by atoms with Crippen LogP contribution in [-0.4, -0.2) is 4.98 Å². The molecule has 1 unspecified atom stereocenters. The van der Waals surface area contributed by atoms with Crippen LogP contribution in [0.1, 0.15) is 52.5 Å². The van der Waals surface area contributed by atoms with Crippen molar-refractivity contribution in [3.63, 3.8) is 0 Å². The van der Waals surface area contributed by atoms with E-state index in [4.69, 9.17) is 4.98 Å². The first kappa shape index (κ1) is 21.2. The third kappa shape index (κ3) is 5.53. The second-order valence-electron chi connectivity index (χ2n) is 8.49. The van der Waals surface area contributed by atoms with E-state index in [1.807, 2.05) is 0 Å². The lowest BCUT2D eigenvalue weighted by Crippen LogP contribution is -2.40. The van der Waals surface area contributed by atoms with Gasteiger partial charge in [-0.2, -0.15) is 0 Å². The highest BCUT2D eigenvalue weighted by molar-refractivity contribution is 5.67. The fourth-order valence-electron chi connectivity index (χ4n) is 4.16. The smallest absolute Gasteiger partial charge is 0.229 e. The zero-order chi connectivity index (χ0) is 20.6. The largest absolute Gasteiger partial charge is 0.287 e. The van der Waals surface area contributed by atoms with Crippen molar-refractivity contribution < 1.29 is 4.57 Å². The van der Waals surface area contributed by atoms with E-state index in [0.717, 1.165) is 25.1 Å². The Kier molecular flexibility index (Phi) is 7.57. The van der Waals surface area contributed by atoms with Crippen LogP contribution < -0.4 is 4.57 Å². The van der Waals surface area contributed by atoms with Gasteiger partial charge in [-0.1, -0.05) is 88.7 Å². The van der Waals surface area contributed by atoms with Crippen molar-refractivity contribution in [2.75, 3.05) is 0 Å². The van der Waals surface area contributed by atoms with E-state index < -0.39 is 0 Å². The molecule has 0 saturated heterocycles. The summed E-state index contributed by atoms with van der Waals surface area (Å²) < 4.78 is 2.39. The summed E-state index contributed by atoms with van der Waals surface area (Å²) in [5.74, 6) is 1.38. The van der Waals surface area contributed by atoms with Gasteiger partial charge in [-0.15, -0.1) is 0 Å². The van der Waals surface area contributed by atoms with Gasteiger partial charge in [0.25, 0.3) is 6.33 Å². The molecule has 1 aromatic heterocycles. The molecule has 0 fully saturated rings. The summed E-state index contributed by atoms with van der Waals surface area (Å²) in [4.78, 5) is 4.84. The maximum atomic E-state index is 4.84. The maximum Gasteiger partial charge on any atom is 0.287 e. The molecule has 3 rings (SSSR count). The number of hydrogen-bond donors (Lipinski definition) is 0. The van der Waals surface area contributed by atoms with Crippen LogP contribution in [0.25, 0.3) is 22.5 Å². The minimum Gasteiger partial charge on any atom is -0.229 e. The standard InChI is InChI=1S/C27H35N2/c1-5-12-23-13-10-11-16-25(23)27-18-26(24-14-8-7-9-15-24)28-20-29(27)19-22(6-2)17-21(3)4/h7-11,13-16,18,20-22H,5-6,12,17,19H2,1-4H3/q+1. The van der Waals surface area contributed by atoms with Gasteiger partial charge in [0.2, 0.25) is 0 Å². The fraction of sp³-hybridized carbons (Fsp3) is 0.407. The highest BCUT2D eigenvalue weighted by Gasteiger charge is 2.20. The topological polar surface area (TPSA) is 16.8 Å². The Morgan fingerprint density at radius 2 is 1.66 bits per heavy atom. The number of hydrogen-bond acceptors (Lipinski definition) is 1. The number of benzene rings is 2. The minimum absolute atomic E-state index is 0.668. The van der Waals surface area contributed by atoms with E-state index in [1.165, 1.54) is 35.2 Å². The molecule has 1 heterocycles. The van der Waals surface area contributed by atoms with E-state index >= 15 is 0 Å². The number of nitrogens with zero attached hydrogens (tertiary/aromatic N) is 2. The number of rotatable bonds is 9. The zero-order valence-corrected chi connectivity index (χ0v) is 18.4. The highest BCUT2D eigenvalue weighted by Crippen LogP contribution is 2.26. The van der Waals surface area contributed by atoms with Gasteiger partial charge in [0, 0.05) is 17.2 Å². The SMILES string of the molecule is CCCc1ccccc1-c1cc(-c2ccccc2)nc[n+]1CC(CC)CC(C)C. The van der Waals surface area contributed by atoms with Crippen molar-refractivity contribution in [1.82, 2.24) is 4.98 Å². The van der Waals surface area contributed by atoms with Crippen molar-refractivity contribution in [3.05, 3.63) is 72.6 Å². The lowest BCUT2D eigenvalue weighted by molar-refractivity contribution is -0.695.